The Balaban J connectivity index is 4.00. The number of hydroxylamine groups is 2. The van der Waals surface area contributed by atoms with Crippen molar-refractivity contribution in [3.05, 3.63) is 0 Å². The number of hydrogen-bond donors (Lipinski definition) is 1. The maximum Gasteiger partial charge on any atom is 0.305 e. The monoisotopic (exact) mass is 727 g/mol. The number of rotatable bonds is 44. The average Bonchev–Trinajstić information content (AvgIpc) is 3.13. The van der Waals surface area contributed by atoms with Gasteiger partial charge in [0.2, 0.25) is 0 Å². The second-order valence-electron chi connectivity index (χ2n) is 15.2. The minimum absolute atomic E-state index is 0.0376. The summed E-state index contributed by atoms with van der Waals surface area (Å²) in [4.78, 5) is 26.7. The van der Waals surface area contributed by atoms with E-state index >= 15 is 0 Å². The molecule has 0 bridgehead atoms. The number of carbonyl (C=O) groups is 1. The number of carbonyl (C=O) groups excluding carboxylic acids is 1. The third kappa shape index (κ3) is 40.3. The van der Waals surface area contributed by atoms with Crippen LogP contribution in [0.25, 0.3) is 0 Å². The van der Waals surface area contributed by atoms with E-state index in [-0.39, 0.29) is 12.6 Å². The summed E-state index contributed by atoms with van der Waals surface area (Å²) in [5.41, 5.74) is 0. The van der Waals surface area contributed by atoms with Gasteiger partial charge in [0.15, 0.2) is 0 Å². The van der Waals surface area contributed by atoms with Crippen molar-refractivity contribution in [1.29, 1.82) is 0 Å². The summed E-state index contributed by atoms with van der Waals surface area (Å²) in [5.74, 6) is -0.0376. The Morgan fingerprint density at radius 3 is 1.20 bits per heavy atom. The van der Waals surface area contributed by atoms with E-state index in [1.54, 1.807) is 5.23 Å². The van der Waals surface area contributed by atoms with Crippen LogP contribution in [-0.4, -0.2) is 73.8 Å². The molecule has 0 atom stereocenters. The third-order valence-corrected chi connectivity index (χ3v) is 10.1. The van der Waals surface area contributed by atoms with Crippen molar-refractivity contribution in [1.82, 2.24) is 10.1 Å². The van der Waals surface area contributed by atoms with Crippen molar-refractivity contribution >= 4 is 5.97 Å². The molecule has 0 saturated carbocycles. The van der Waals surface area contributed by atoms with Crippen LogP contribution in [0, 0.1) is 0 Å². The first-order valence-electron chi connectivity index (χ1n) is 22.7. The average molecular weight is 727 g/mol. The molecule has 0 aliphatic carbocycles. The van der Waals surface area contributed by atoms with Gasteiger partial charge in [-0.05, 0) is 58.0 Å². The Kier molecular flexibility index (Phi) is 43.0. The van der Waals surface area contributed by atoms with Gasteiger partial charge in [-0.3, -0.25) is 14.5 Å². The number of esters is 1. The largest absolute Gasteiger partial charge is 0.466 e. The number of ether oxygens (including phenoxy) is 1. The molecule has 0 unspecified atom stereocenters. The number of hydrogen-bond acceptors (Lipinski definition) is 7. The highest BCUT2D eigenvalue weighted by molar-refractivity contribution is 5.69. The van der Waals surface area contributed by atoms with Crippen LogP contribution in [0.3, 0.4) is 0 Å². The fourth-order valence-electron chi connectivity index (χ4n) is 6.65. The summed E-state index contributed by atoms with van der Waals surface area (Å²) in [6.07, 6.45) is 39.0. The van der Waals surface area contributed by atoms with Gasteiger partial charge in [0, 0.05) is 13.0 Å². The summed E-state index contributed by atoms with van der Waals surface area (Å²) in [5, 5.41) is 11.4. The summed E-state index contributed by atoms with van der Waals surface area (Å²) < 4.78 is 5.45. The topological polar surface area (TPSA) is 71.5 Å². The molecule has 1 N–H and O–H groups in total. The summed E-state index contributed by atoms with van der Waals surface area (Å²) in [6.45, 7) is 12.7. The quantitative estimate of drug-likeness (QED) is 0.0381. The normalized spacial score (nSPS) is 11.7. The number of aliphatic hydroxyl groups is 1. The first-order chi connectivity index (χ1) is 25.2. The molecule has 0 aliphatic heterocycles. The van der Waals surface area contributed by atoms with Gasteiger partial charge in [-0.1, -0.05) is 180 Å². The second-order valence-corrected chi connectivity index (χ2v) is 15.2. The van der Waals surface area contributed by atoms with Gasteiger partial charge in [-0.2, -0.15) is 0 Å². The van der Waals surface area contributed by atoms with E-state index in [0.29, 0.717) is 13.0 Å². The van der Waals surface area contributed by atoms with Gasteiger partial charge in [0.25, 0.3) is 0 Å². The molecule has 0 aromatic carbocycles. The molecule has 0 amide bonds. The van der Waals surface area contributed by atoms with Crippen LogP contribution in [0.2, 0.25) is 0 Å². The minimum atomic E-state index is -0.0376. The lowest BCUT2D eigenvalue weighted by Gasteiger charge is -2.22. The molecule has 7 nitrogen and oxygen atoms in total. The zero-order chi connectivity index (χ0) is 37.1. The van der Waals surface area contributed by atoms with Gasteiger partial charge in [-0.15, -0.1) is 0 Å². The zero-order valence-electron chi connectivity index (χ0n) is 34.8. The van der Waals surface area contributed by atoms with Gasteiger partial charge >= 0.3 is 5.97 Å². The van der Waals surface area contributed by atoms with Crippen molar-refractivity contribution < 1.29 is 24.3 Å². The highest BCUT2D eigenvalue weighted by Crippen LogP contribution is 2.13. The highest BCUT2D eigenvalue weighted by atomic mass is 16.9. The van der Waals surface area contributed by atoms with Crippen molar-refractivity contribution in [3.8, 4) is 0 Å². The Hall–Kier alpha value is -0.730. The lowest BCUT2D eigenvalue weighted by molar-refractivity contribution is -0.369. The fraction of sp³-hybridized carbons (Fsp3) is 0.977. The fourth-order valence-corrected chi connectivity index (χ4v) is 6.65. The first kappa shape index (κ1) is 50.3. The maximum absolute atomic E-state index is 12.1. The van der Waals surface area contributed by atoms with E-state index in [1.165, 1.54) is 154 Å². The Morgan fingerprint density at radius 2 is 0.765 bits per heavy atom. The van der Waals surface area contributed by atoms with Crippen molar-refractivity contribution in [2.75, 3.05) is 52.6 Å². The molecule has 7 heteroatoms. The number of aliphatic hydroxyl groups excluding tert-OH is 1. The molecule has 0 saturated heterocycles. The minimum Gasteiger partial charge on any atom is -0.466 e. The second kappa shape index (κ2) is 43.7. The SMILES string of the molecule is CCCCCCCCCCCOC(=O)CCCCCN(CCO)CCCCCCCN(OCCCCCCCCC)OCCCCCCCCC. The van der Waals surface area contributed by atoms with Crippen molar-refractivity contribution in [2.45, 2.75) is 226 Å². The smallest absolute Gasteiger partial charge is 0.305 e. The molecule has 306 valence electrons. The van der Waals surface area contributed by atoms with Crippen LogP contribution in [0.4, 0.5) is 0 Å². The zero-order valence-corrected chi connectivity index (χ0v) is 34.8. The highest BCUT2D eigenvalue weighted by Gasteiger charge is 2.09. The molecule has 0 aromatic rings. The van der Waals surface area contributed by atoms with Crippen LogP contribution >= 0.6 is 0 Å². The van der Waals surface area contributed by atoms with Crippen molar-refractivity contribution in [3.63, 3.8) is 0 Å². The molecule has 0 aliphatic rings. The molecule has 0 radical (unpaired) electrons. The van der Waals surface area contributed by atoms with Gasteiger partial charge in [0.05, 0.1) is 33.0 Å². The maximum atomic E-state index is 12.1. The first-order valence-corrected chi connectivity index (χ1v) is 22.7. The lowest BCUT2D eigenvalue weighted by atomic mass is 10.1. The molecule has 0 heterocycles. The molecule has 0 spiro atoms. The molecule has 0 aromatic heterocycles. The summed E-state index contributed by atoms with van der Waals surface area (Å²) in [7, 11) is 0. The van der Waals surface area contributed by atoms with E-state index in [1.807, 2.05) is 0 Å². The third-order valence-electron chi connectivity index (χ3n) is 10.1. The lowest BCUT2D eigenvalue weighted by Crippen LogP contribution is -2.29. The molecule has 0 fully saturated rings. The van der Waals surface area contributed by atoms with Crippen LogP contribution in [0.15, 0.2) is 0 Å². The van der Waals surface area contributed by atoms with Gasteiger partial charge < -0.3 is 14.7 Å². The van der Waals surface area contributed by atoms with E-state index in [4.69, 9.17) is 14.4 Å². The van der Waals surface area contributed by atoms with E-state index < -0.39 is 0 Å². The molecular formula is C44H90N2O5. The Bertz CT molecular complexity index is 647. The molecule has 51 heavy (non-hydrogen) atoms. The van der Waals surface area contributed by atoms with E-state index in [0.717, 1.165) is 84.3 Å². The van der Waals surface area contributed by atoms with Gasteiger partial charge in [-0.25, -0.2) is 0 Å². The molecular weight excluding hydrogens is 636 g/mol. The summed E-state index contributed by atoms with van der Waals surface area (Å²) >= 11 is 0. The predicted molar refractivity (Wildman–Crippen MR) is 218 cm³/mol. The van der Waals surface area contributed by atoms with Crippen LogP contribution in [-0.2, 0) is 19.2 Å². The van der Waals surface area contributed by atoms with Crippen molar-refractivity contribution in [2.24, 2.45) is 0 Å². The predicted octanol–water partition coefficient (Wildman–Crippen LogP) is 12.5. The van der Waals surface area contributed by atoms with Crippen LogP contribution in [0.1, 0.15) is 226 Å². The van der Waals surface area contributed by atoms with E-state index in [9.17, 15) is 9.90 Å². The number of nitrogens with zero attached hydrogens (tertiary/aromatic N) is 2. The standard InChI is InChI=1S/C44H90N2O5/c1-4-7-10-13-16-17-20-24-32-41-49-44(48)35-28-27-30-37-45(39-40-47)36-29-22-21-23-31-38-46(50-42-33-25-18-14-11-8-5-2)51-43-34-26-19-15-12-9-6-3/h47H,4-43H2,1-3H3. The van der Waals surface area contributed by atoms with E-state index in [2.05, 4.69) is 25.7 Å². The number of unbranched alkanes of at least 4 members (excludes halogenated alkanes) is 26. The van der Waals surface area contributed by atoms with Gasteiger partial charge in [0.1, 0.15) is 0 Å². The molecule has 0 rings (SSSR count). The summed E-state index contributed by atoms with van der Waals surface area (Å²) in [6, 6.07) is 0. The Labute approximate surface area is 318 Å². The van der Waals surface area contributed by atoms with Crippen LogP contribution < -0.4 is 0 Å². The van der Waals surface area contributed by atoms with Crippen LogP contribution in [0.5, 0.6) is 0 Å². The Morgan fingerprint density at radius 1 is 0.412 bits per heavy atom.